The molecule has 0 amide bonds. The smallest absolute Gasteiger partial charge is 0.191 e. The minimum Gasteiger partial charge on any atom is -0.357 e. The summed E-state index contributed by atoms with van der Waals surface area (Å²) in [7, 11) is -3.29. The molecule has 6 nitrogen and oxygen atoms in total. The molecule has 25 heavy (non-hydrogen) atoms. The van der Waals surface area contributed by atoms with Gasteiger partial charge in [-0.15, -0.1) is 11.3 Å². The van der Waals surface area contributed by atoms with Crippen molar-refractivity contribution >= 4 is 27.1 Å². The summed E-state index contributed by atoms with van der Waals surface area (Å²) < 4.78 is 24.6. The van der Waals surface area contributed by atoms with Crippen LogP contribution < -0.4 is 10.6 Å². The molecule has 0 spiro atoms. The van der Waals surface area contributed by atoms with Crippen molar-refractivity contribution in [1.82, 2.24) is 15.6 Å². The lowest BCUT2D eigenvalue weighted by atomic mass is 10.4. The Hall–Kier alpha value is -1.93. The first-order valence-corrected chi connectivity index (χ1v) is 10.6. The minimum atomic E-state index is -3.29. The number of nitrogens with one attached hydrogen (secondary N) is 2. The van der Waals surface area contributed by atoms with Crippen LogP contribution in [0.25, 0.3) is 0 Å². The number of aliphatic imine (C=N–C) groups is 1. The largest absolute Gasteiger partial charge is 0.357 e. The third-order valence-corrected chi connectivity index (χ3v) is 6.28. The van der Waals surface area contributed by atoms with Crippen molar-refractivity contribution in [3.63, 3.8) is 0 Å². The number of rotatable bonds is 7. The fourth-order valence-electron chi connectivity index (χ4n) is 2.26. The molecule has 0 saturated heterocycles. The van der Waals surface area contributed by atoms with Crippen LogP contribution in [0.1, 0.15) is 22.5 Å². The van der Waals surface area contributed by atoms with Gasteiger partial charge in [0.1, 0.15) is 0 Å². The first-order chi connectivity index (χ1) is 11.9. The number of sulfone groups is 1. The quantitative estimate of drug-likeness (QED) is 0.569. The summed E-state index contributed by atoms with van der Waals surface area (Å²) in [5.41, 5.74) is 0.994. The van der Waals surface area contributed by atoms with Gasteiger partial charge in [-0.1, -0.05) is 18.2 Å². The molecule has 0 unspecified atom stereocenters. The number of nitrogens with zero attached hydrogens (tertiary/aromatic N) is 2. The van der Waals surface area contributed by atoms with Crippen molar-refractivity contribution in [3.05, 3.63) is 45.9 Å². The standard InChI is InChI=1S/C17H24N4O2S2/c1-4-18-17(20-12-16-13(2)21-14(3)24-16)19-10-11-25(22,23)15-8-6-5-7-9-15/h5-9H,4,10-12H2,1-3H3,(H2,18,19,20). The highest BCUT2D eigenvalue weighted by molar-refractivity contribution is 7.91. The Bertz CT molecular complexity index is 814. The van der Waals surface area contributed by atoms with E-state index >= 15 is 0 Å². The molecule has 1 heterocycles. The Morgan fingerprint density at radius 2 is 1.92 bits per heavy atom. The van der Waals surface area contributed by atoms with Gasteiger partial charge in [0.15, 0.2) is 15.8 Å². The van der Waals surface area contributed by atoms with E-state index in [0.717, 1.165) is 15.6 Å². The Morgan fingerprint density at radius 1 is 1.20 bits per heavy atom. The second-order valence-electron chi connectivity index (χ2n) is 5.50. The van der Waals surface area contributed by atoms with Crippen LogP contribution >= 0.6 is 11.3 Å². The van der Waals surface area contributed by atoms with E-state index in [1.807, 2.05) is 20.8 Å². The fourth-order valence-corrected chi connectivity index (χ4v) is 4.30. The summed E-state index contributed by atoms with van der Waals surface area (Å²) in [5.74, 6) is 0.622. The molecule has 1 aromatic heterocycles. The molecule has 0 bridgehead atoms. The molecule has 2 N–H and O–H groups in total. The van der Waals surface area contributed by atoms with Crippen LogP contribution in [0.15, 0.2) is 40.2 Å². The van der Waals surface area contributed by atoms with Crippen molar-refractivity contribution in [2.45, 2.75) is 32.2 Å². The lowest BCUT2D eigenvalue weighted by Crippen LogP contribution is -2.39. The molecule has 0 aliphatic carbocycles. The zero-order valence-electron chi connectivity index (χ0n) is 14.7. The number of aryl methyl sites for hydroxylation is 2. The lowest BCUT2D eigenvalue weighted by Gasteiger charge is -2.11. The van der Waals surface area contributed by atoms with E-state index in [1.165, 1.54) is 0 Å². The van der Waals surface area contributed by atoms with Crippen LogP contribution in [0.3, 0.4) is 0 Å². The Balaban J connectivity index is 1.95. The molecule has 136 valence electrons. The third kappa shape index (κ3) is 5.82. The summed E-state index contributed by atoms with van der Waals surface area (Å²) in [6, 6.07) is 8.49. The summed E-state index contributed by atoms with van der Waals surface area (Å²) in [6.07, 6.45) is 0. The maximum Gasteiger partial charge on any atom is 0.191 e. The predicted octanol–water partition coefficient (Wildman–Crippen LogP) is 2.29. The van der Waals surface area contributed by atoms with Crippen LogP contribution in [-0.4, -0.2) is 38.2 Å². The number of guanidine groups is 1. The van der Waals surface area contributed by atoms with Gasteiger partial charge in [0.2, 0.25) is 0 Å². The van der Waals surface area contributed by atoms with Crippen LogP contribution in [-0.2, 0) is 16.4 Å². The Labute approximate surface area is 153 Å². The highest BCUT2D eigenvalue weighted by Gasteiger charge is 2.13. The average Bonchev–Trinajstić information content (AvgIpc) is 2.91. The van der Waals surface area contributed by atoms with Gasteiger partial charge in [-0.25, -0.2) is 18.4 Å². The van der Waals surface area contributed by atoms with E-state index in [1.54, 1.807) is 41.7 Å². The molecule has 0 aliphatic heterocycles. The van der Waals surface area contributed by atoms with Gasteiger partial charge in [0.05, 0.1) is 27.9 Å². The molecular weight excluding hydrogens is 356 g/mol. The normalized spacial score (nSPS) is 12.2. The molecule has 0 saturated carbocycles. The number of thiazole rings is 1. The minimum absolute atomic E-state index is 0.0140. The predicted molar refractivity (Wildman–Crippen MR) is 103 cm³/mol. The molecule has 0 radical (unpaired) electrons. The Morgan fingerprint density at radius 3 is 2.52 bits per heavy atom. The van der Waals surface area contributed by atoms with Crippen LogP contribution in [0.2, 0.25) is 0 Å². The molecular formula is C17H24N4O2S2. The molecule has 2 rings (SSSR count). The maximum atomic E-state index is 12.3. The number of hydrogen-bond donors (Lipinski definition) is 2. The van der Waals surface area contributed by atoms with E-state index in [0.29, 0.717) is 30.5 Å². The zero-order valence-corrected chi connectivity index (χ0v) is 16.4. The van der Waals surface area contributed by atoms with Crippen molar-refractivity contribution in [1.29, 1.82) is 0 Å². The van der Waals surface area contributed by atoms with Gasteiger partial charge in [-0.3, -0.25) is 0 Å². The van der Waals surface area contributed by atoms with Gasteiger partial charge in [-0.05, 0) is 32.9 Å². The van der Waals surface area contributed by atoms with Gasteiger partial charge in [-0.2, -0.15) is 0 Å². The highest BCUT2D eigenvalue weighted by atomic mass is 32.2. The van der Waals surface area contributed by atoms with Gasteiger partial charge in [0, 0.05) is 18.0 Å². The zero-order chi connectivity index (χ0) is 18.3. The van der Waals surface area contributed by atoms with Crippen molar-refractivity contribution < 1.29 is 8.42 Å². The Kier molecular flexibility index (Phi) is 6.95. The van der Waals surface area contributed by atoms with Gasteiger partial charge >= 0.3 is 0 Å². The summed E-state index contributed by atoms with van der Waals surface area (Å²) in [5, 5.41) is 7.24. The number of hydrogen-bond acceptors (Lipinski definition) is 5. The van der Waals surface area contributed by atoms with E-state index in [9.17, 15) is 8.42 Å². The van der Waals surface area contributed by atoms with E-state index in [-0.39, 0.29) is 5.75 Å². The number of aromatic nitrogens is 1. The van der Waals surface area contributed by atoms with Crippen LogP contribution in [0.5, 0.6) is 0 Å². The molecule has 0 fully saturated rings. The summed E-state index contributed by atoms with van der Waals surface area (Å²) >= 11 is 1.63. The third-order valence-electron chi connectivity index (χ3n) is 3.49. The molecule has 0 aliphatic rings. The van der Waals surface area contributed by atoms with Crippen LogP contribution in [0, 0.1) is 13.8 Å². The second kappa shape index (κ2) is 8.96. The first-order valence-electron chi connectivity index (χ1n) is 8.15. The van der Waals surface area contributed by atoms with Crippen molar-refractivity contribution in [2.75, 3.05) is 18.8 Å². The lowest BCUT2D eigenvalue weighted by molar-refractivity contribution is 0.594. The molecule has 2 aromatic rings. The molecule has 1 aromatic carbocycles. The highest BCUT2D eigenvalue weighted by Crippen LogP contribution is 2.17. The van der Waals surface area contributed by atoms with Gasteiger partial charge < -0.3 is 10.6 Å². The first kappa shape index (κ1) is 19.4. The van der Waals surface area contributed by atoms with E-state index in [4.69, 9.17) is 0 Å². The SMILES string of the molecule is CCNC(=NCc1sc(C)nc1C)NCCS(=O)(=O)c1ccccc1. The molecule has 8 heteroatoms. The monoisotopic (exact) mass is 380 g/mol. The fraction of sp³-hybridized carbons (Fsp3) is 0.412. The van der Waals surface area contributed by atoms with Crippen molar-refractivity contribution in [2.24, 2.45) is 4.99 Å². The number of benzene rings is 1. The second-order valence-corrected chi connectivity index (χ2v) is 8.89. The maximum absolute atomic E-state index is 12.3. The van der Waals surface area contributed by atoms with E-state index in [2.05, 4.69) is 20.6 Å². The van der Waals surface area contributed by atoms with E-state index < -0.39 is 9.84 Å². The van der Waals surface area contributed by atoms with Gasteiger partial charge in [0.25, 0.3) is 0 Å². The average molecular weight is 381 g/mol. The topological polar surface area (TPSA) is 83.4 Å². The summed E-state index contributed by atoms with van der Waals surface area (Å²) in [4.78, 5) is 10.4. The van der Waals surface area contributed by atoms with Crippen molar-refractivity contribution in [3.8, 4) is 0 Å². The summed E-state index contributed by atoms with van der Waals surface area (Å²) in [6.45, 7) is 7.45. The molecule has 0 atom stereocenters. The van der Waals surface area contributed by atoms with Crippen LogP contribution in [0.4, 0.5) is 0 Å².